The van der Waals surface area contributed by atoms with Crippen LogP contribution in [0.15, 0.2) is 103 Å². The molecule has 0 aromatic heterocycles. The van der Waals surface area contributed by atoms with Gasteiger partial charge in [-0.2, -0.15) is 0 Å². The molecule has 4 nitrogen and oxygen atoms in total. The molecule has 4 aromatic rings. The van der Waals surface area contributed by atoms with E-state index in [0.717, 1.165) is 11.3 Å². The predicted molar refractivity (Wildman–Crippen MR) is 122 cm³/mol. The van der Waals surface area contributed by atoms with Crippen molar-refractivity contribution in [2.24, 2.45) is 0 Å². The molecule has 0 heterocycles. The largest absolute Gasteiger partial charge is 0.457 e. The summed E-state index contributed by atoms with van der Waals surface area (Å²) in [5, 5.41) is 2.89. The molecule has 4 aromatic carbocycles. The minimum atomic E-state index is -0.293. The highest BCUT2D eigenvalue weighted by Crippen LogP contribution is 2.24. The molecule has 0 fully saturated rings. The summed E-state index contributed by atoms with van der Waals surface area (Å²) in [6.45, 7) is 1.92. The fourth-order valence-corrected chi connectivity index (χ4v) is 3.20. The second kappa shape index (κ2) is 9.09. The lowest BCUT2D eigenvalue weighted by molar-refractivity contribution is 0.102. The van der Waals surface area contributed by atoms with Gasteiger partial charge in [-0.25, -0.2) is 0 Å². The van der Waals surface area contributed by atoms with Gasteiger partial charge in [-0.3, -0.25) is 9.59 Å². The molecule has 0 bridgehead atoms. The number of benzene rings is 4. The maximum absolute atomic E-state index is 12.9. The van der Waals surface area contributed by atoms with Gasteiger partial charge in [0, 0.05) is 16.7 Å². The van der Waals surface area contributed by atoms with Gasteiger partial charge < -0.3 is 10.1 Å². The Morgan fingerprint density at radius 3 is 1.97 bits per heavy atom. The number of anilines is 1. The smallest absolute Gasteiger partial charge is 0.255 e. The lowest BCUT2D eigenvalue weighted by Crippen LogP contribution is -2.15. The van der Waals surface area contributed by atoms with Crippen molar-refractivity contribution in [2.45, 2.75) is 6.92 Å². The molecule has 0 aliphatic heterocycles. The first kappa shape index (κ1) is 20.1. The van der Waals surface area contributed by atoms with Gasteiger partial charge in [-0.1, -0.05) is 54.6 Å². The van der Waals surface area contributed by atoms with Crippen molar-refractivity contribution in [3.8, 4) is 11.5 Å². The molecule has 0 radical (unpaired) electrons. The van der Waals surface area contributed by atoms with Gasteiger partial charge in [0.05, 0.1) is 5.69 Å². The number of ketones is 1. The first-order valence-corrected chi connectivity index (χ1v) is 9.95. The first-order valence-electron chi connectivity index (χ1n) is 9.95. The van der Waals surface area contributed by atoms with Crippen molar-refractivity contribution in [1.29, 1.82) is 0 Å². The molecule has 4 heteroatoms. The van der Waals surface area contributed by atoms with Crippen LogP contribution >= 0.6 is 0 Å². The van der Waals surface area contributed by atoms with Crippen molar-refractivity contribution >= 4 is 17.4 Å². The molecule has 4 rings (SSSR count). The lowest BCUT2D eigenvalue weighted by Gasteiger charge is -2.12. The van der Waals surface area contributed by atoms with E-state index in [9.17, 15) is 9.59 Å². The maximum atomic E-state index is 12.9. The molecule has 152 valence electrons. The minimum absolute atomic E-state index is 0.137. The number of nitrogens with one attached hydrogen (secondary N) is 1. The Morgan fingerprint density at radius 1 is 0.677 bits per heavy atom. The summed E-state index contributed by atoms with van der Waals surface area (Å²) >= 11 is 0. The summed E-state index contributed by atoms with van der Waals surface area (Å²) in [4.78, 5) is 25.8. The Labute approximate surface area is 181 Å². The van der Waals surface area contributed by atoms with Crippen LogP contribution in [0.25, 0.3) is 0 Å². The molecular formula is C27H21NO3. The minimum Gasteiger partial charge on any atom is -0.457 e. The van der Waals surface area contributed by atoms with Crippen LogP contribution in [0, 0.1) is 6.92 Å². The topological polar surface area (TPSA) is 55.4 Å². The van der Waals surface area contributed by atoms with E-state index < -0.39 is 0 Å². The van der Waals surface area contributed by atoms with Gasteiger partial charge in [-0.15, -0.1) is 0 Å². The summed E-state index contributed by atoms with van der Waals surface area (Å²) in [6.07, 6.45) is 0. The number of carbonyl (C=O) groups excluding carboxylic acids is 2. The van der Waals surface area contributed by atoms with Crippen LogP contribution in [0.3, 0.4) is 0 Å². The van der Waals surface area contributed by atoms with E-state index in [-0.39, 0.29) is 11.7 Å². The zero-order chi connectivity index (χ0) is 21.6. The van der Waals surface area contributed by atoms with Crippen LogP contribution in [-0.4, -0.2) is 11.7 Å². The third-order valence-corrected chi connectivity index (χ3v) is 4.80. The molecule has 1 N–H and O–H groups in total. The first-order chi connectivity index (χ1) is 15.1. The molecule has 0 saturated heterocycles. The van der Waals surface area contributed by atoms with E-state index in [1.54, 1.807) is 48.5 Å². The molecule has 1 amide bonds. The van der Waals surface area contributed by atoms with Crippen molar-refractivity contribution < 1.29 is 14.3 Å². The van der Waals surface area contributed by atoms with E-state index in [2.05, 4.69) is 5.32 Å². The average molecular weight is 407 g/mol. The lowest BCUT2D eigenvalue weighted by atomic mass is 10.00. The number of carbonyl (C=O) groups is 2. The molecular weight excluding hydrogens is 386 g/mol. The van der Waals surface area contributed by atoms with Crippen LogP contribution in [-0.2, 0) is 0 Å². The van der Waals surface area contributed by atoms with Gasteiger partial charge in [0.1, 0.15) is 11.5 Å². The van der Waals surface area contributed by atoms with E-state index in [1.165, 1.54) is 0 Å². The second-order valence-corrected chi connectivity index (χ2v) is 7.14. The standard InChI is InChI=1S/C27H21NO3/c1-19-12-17-24(26(29)20-8-4-2-5-9-20)25(18-19)28-27(30)21-13-15-23(16-14-21)31-22-10-6-3-7-11-22/h2-18H,1H3,(H,28,30). The third-order valence-electron chi connectivity index (χ3n) is 4.80. The monoisotopic (exact) mass is 407 g/mol. The Morgan fingerprint density at radius 2 is 1.29 bits per heavy atom. The highest BCUT2D eigenvalue weighted by molar-refractivity contribution is 6.15. The van der Waals surface area contributed by atoms with E-state index >= 15 is 0 Å². The normalized spacial score (nSPS) is 10.4. The number of rotatable bonds is 6. The second-order valence-electron chi connectivity index (χ2n) is 7.14. The van der Waals surface area contributed by atoms with Crippen LogP contribution in [0.5, 0.6) is 11.5 Å². The zero-order valence-corrected chi connectivity index (χ0v) is 17.0. The quantitative estimate of drug-likeness (QED) is 0.383. The SMILES string of the molecule is Cc1ccc(C(=O)c2ccccc2)c(NC(=O)c2ccc(Oc3ccccc3)cc2)c1. The van der Waals surface area contributed by atoms with Gasteiger partial charge >= 0.3 is 0 Å². The molecule has 31 heavy (non-hydrogen) atoms. The number of hydrogen-bond donors (Lipinski definition) is 1. The number of ether oxygens (including phenoxy) is 1. The van der Waals surface area contributed by atoms with Crippen molar-refractivity contribution in [2.75, 3.05) is 5.32 Å². The molecule has 0 atom stereocenters. The fraction of sp³-hybridized carbons (Fsp3) is 0.0370. The van der Waals surface area contributed by atoms with Gasteiger partial charge in [0.15, 0.2) is 5.78 Å². The van der Waals surface area contributed by atoms with Crippen LogP contribution in [0.2, 0.25) is 0 Å². The predicted octanol–water partition coefficient (Wildman–Crippen LogP) is 6.27. The summed E-state index contributed by atoms with van der Waals surface area (Å²) < 4.78 is 5.77. The number of amides is 1. The number of aryl methyl sites for hydroxylation is 1. The van der Waals surface area contributed by atoms with Gasteiger partial charge in [0.25, 0.3) is 5.91 Å². The highest BCUT2D eigenvalue weighted by Gasteiger charge is 2.16. The van der Waals surface area contributed by atoms with Crippen LogP contribution in [0.1, 0.15) is 31.8 Å². The van der Waals surface area contributed by atoms with Gasteiger partial charge in [0.2, 0.25) is 0 Å². The van der Waals surface area contributed by atoms with Crippen LogP contribution in [0.4, 0.5) is 5.69 Å². The molecule has 0 saturated carbocycles. The molecule has 0 aliphatic carbocycles. The van der Waals surface area contributed by atoms with E-state index in [0.29, 0.717) is 28.1 Å². The van der Waals surface area contributed by atoms with E-state index in [1.807, 2.05) is 61.5 Å². The van der Waals surface area contributed by atoms with Gasteiger partial charge in [-0.05, 0) is 61.0 Å². The highest BCUT2D eigenvalue weighted by atomic mass is 16.5. The average Bonchev–Trinajstić information content (AvgIpc) is 2.80. The van der Waals surface area contributed by atoms with Crippen LogP contribution < -0.4 is 10.1 Å². The Bertz CT molecular complexity index is 1200. The summed E-state index contributed by atoms with van der Waals surface area (Å²) in [5.41, 5.74) is 2.94. The van der Waals surface area contributed by atoms with Crippen molar-refractivity contribution in [1.82, 2.24) is 0 Å². The fourth-order valence-electron chi connectivity index (χ4n) is 3.20. The van der Waals surface area contributed by atoms with E-state index in [4.69, 9.17) is 4.74 Å². The molecule has 0 aliphatic rings. The summed E-state index contributed by atoms with van der Waals surface area (Å²) in [7, 11) is 0. The summed E-state index contributed by atoms with van der Waals surface area (Å²) in [5.74, 6) is 0.934. The van der Waals surface area contributed by atoms with Crippen molar-refractivity contribution in [3.05, 3.63) is 125 Å². The Balaban J connectivity index is 1.53. The van der Waals surface area contributed by atoms with Crippen molar-refractivity contribution in [3.63, 3.8) is 0 Å². The number of hydrogen-bond acceptors (Lipinski definition) is 3. The third kappa shape index (κ3) is 4.87. The maximum Gasteiger partial charge on any atom is 0.255 e. The molecule has 0 unspecified atom stereocenters. The summed E-state index contributed by atoms with van der Waals surface area (Å²) in [6, 6.07) is 30.8. The molecule has 0 spiro atoms. The zero-order valence-electron chi connectivity index (χ0n) is 17.0. The number of para-hydroxylation sites is 1. The Kier molecular flexibility index (Phi) is 5.90. The Hall–Kier alpha value is -4.18.